The van der Waals surface area contributed by atoms with Gasteiger partial charge in [0.05, 0.1) is 37.6 Å². The zero-order chi connectivity index (χ0) is 29.0. The number of methoxy groups -OCH3 is 3. The van der Waals surface area contributed by atoms with E-state index < -0.39 is 29.9 Å². The van der Waals surface area contributed by atoms with Crippen LogP contribution in [-0.4, -0.2) is 58.5 Å². The van der Waals surface area contributed by atoms with E-state index in [9.17, 15) is 18.4 Å². The lowest BCUT2D eigenvalue weighted by atomic mass is 10.2. The first-order valence-electron chi connectivity index (χ1n) is 11.7. The van der Waals surface area contributed by atoms with Gasteiger partial charge in [-0.05, 0) is 18.6 Å². The molecule has 2 aromatic heterocycles. The number of nitrogens with one attached hydrogen (secondary N) is 2. The lowest BCUT2D eigenvalue weighted by molar-refractivity contribution is -0.137. The van der Waals surface area contributed by atoms with Crippen LogP contribution in [0.3, 0.4) is 0 Å². The average molecular weight is 580 g/mol. The van der Waals surface area contributed by atoms with Gasteiger partial charge in [0, 0.05) is 25.1 Å². The molecule has 2 aromatic carbocycles. The Morgan fingerprint density at radius 2 is 1.85 bits per heavy atom. The van der Waals surface area contributed by atoms with E-state index in [1.54, 1.807) is 0 Å². The highest BCUT2D eigenvalue weighted by molar-refractivity contribution is 6.32. The van der Waals surface area contributed by atoms with Crippen LogP contribution in [0, 0.1) is 11.6 Å². The number of aromatic nitrogens is 4. The van der Waals surface area contributed by atoms with Gasteiger partial charge in [0.25, 0.3) is 0 Å². The first-order chi connectivity index (χ1) is 19.2. The number of H-pyrrole nitrogens is 1. The Labute approximate surface area is 230 Å². The molecule has 0 atom stereocenters. The summed E-state index contributed by atoms with van der Waals surface area (Å²) >= 11 is 6.52. The van der Waals surface area contributed by atoms with Crippen molar-refractivity contribution in [2.45, 2.75) is 19.4 Å². The molecule has 4 aromatic rings. The molecule has 0 radical (unpaired) electrons. The second-order valence-corrected chi connectivity index (χ2v) is 8.64. The number of nitrogens with zero attached hydrogens (tertiary/aromatic N) is 3. The highest BCUT2D eigenvalue weighted by Gasteiger charge is 2.22. The first-order valence-corrected chi connectivity index (χ1v) is 12.1. The standard InChI is InChI=1S/C25H24ClF2N5O7/c1-37-16-7-6-14(27)20(28)12(16)11-40-18-10-15(13(26)9-17(18)38-2)33-22-21(30-25(33)36)23(39-3)32-24(31-22)29-8-4-5-19(34)35/h6-7,9-10H,4-5,8,11H2,1-3H3,(H,30,36)(H,34,35)(H,29,31,32). The van der Waals surface area contributed by atoms with Gasteiger partial charge < -0.3 is 29.4 Å². The first kappa shape index (κ1) is 28.4. The van der Waals surface area contributed by atoms with E-state index in [1.807, 2.05) is 0 Å². The van der Waals surface area contributed by atoms with E-state index in [0.29, 0.717) is 6.42 Å². The number of anilines is 1. The van der Waals surface area contributed by atoms with Crippen LogP contribution >= 0.6 is 11.6 Å². The SMILES string of the molecule is COc1cc(Cl)c(-n2c(=O)[nH]c3c(OC)nc(NCCCC(=O)O)nc32)cc1OCc1c(OC)ccc(F)c1F. The topological polar surface area (TPSA) is 150 Å². The Hall–Kier alpha value is -4.59. The fraction of sp³-hybridized carbons (Fsp3) is 0.280. The van der Waals surface area contributed by atoms with Crippen LogP contribution in [0.5, 0.6) is 23.1 Å². The van der Waals surface area contributed by atoms with Gasteiger partial charge in [-0.2, -0.15) is 9.97 Å². The number of carboxylic acid groups (broad SMARTS) is 1. The van der Waals surface area contributed by atoms with E-state index in [-0.39, 0.29) is 69.5 Å². The molecule has 0 aliphatic rings. The molecule has 0 unspecified atom stereocenters. The van der Waals surface area contributed by atoms with Crippen LogP contribution in [0.1, 0.15) is 18.4 Å². The van der Waals surface area contributed by atoms with E-state index in [0.717, 1.165) is 10.6 Å². The van der Waals surface area contributed by atoms with Crippen molar-refractivity contribution in [1.29, 1.82) is 0 Å². The highest BCUT2D eigenvalue weighted by Crippen LogP contribution is 2.37. The lowest BCUT2D eigenvalue weighted by Crippen LogP contribution is -2.16. The molecule has 0 amide bonds. The summed E-state index contributed by atoms with van der Waals surface area (Å²) in [4.78, 5) is 35.1. The molecule has 0 saturated carbocycles. The second-order valence-electron chi connectivity index (χ2n) is 8.23. The van der Waals surface area contributed by atoms with Gasteiger partial charge in [0.1, 0.15) is 17.9 Å². The Bertz CT molecular complexity index is 1630. The van der Waals surface area contributed by atoms with Crippen molar-refractivity contribution in [3.05, 3.63) is 57.0 Å². The fourth-order valence-electron chi connectivity index (χ4n) is 3.87. The molecular weight excluding hydrogens is 556 g/mol. The maximum absolute atomic E-state index is 14.5. The highest BCUT2D eigenvalue weighted by atomic mass is 35.5. The van der Waals surface area contributed by atoms with E-state index in [4.69, 9.17) is 35.7 Å². The third kappa shape index (κ3) is 5.71. The molecule has 0 aliphatic carbocycles. The molecule has 3 N–H and O–H groups in total. The number of ether oxygens (including phenoxy) is 4. The molecular formula is C25H24ClF2N5O7. The normalized spacial score (nSPS) is 10.9. The predicted molar refractivity (Wildman–Crippen MR) is 140 cm³/mol. The molecule has 4 rings (SSSR count). The minimum atomic E-state index is -1.13. The van der Waals surface area contributed by atoms with Gasteiger partial charge in [-0.3, -0.25) is 9.78 Å². The molecule has 0 fully saturated rings. The minimum absolute atomic E-state index is 0.0522. The second kappa shape index (κ2) is 12.1. The summed E-state index contributed by atoms with van der Waals surface area (Å²) in [5.41, 5.74) is -0.418. The number of hydrogen-bond acceptors (Lipinski definition) is 9. The van der Waals surface area contributed by atoms with Crippen molar-refractivity contribution >= 4 is 34.7 Å². The maximum atomic E-state index is 14.5. The molecule has 2 heterocycles. The summed E-state index contributed by atoms with van der Waals surface area (Å²) in [6, 6.07) is 4.98. The number of aromatic amines is 1. The largest absolute Gasteiger partial charge is 0.496 e. The van der Waals surface area contributed by atoms with E-state index in [1.165, 1.54) is 39.5 Å². The smallest absolute Gasteiger partial charge is 0.332 e. The Balaban J connectivity index is 1.76. The summed E-state index contributed by atoms with van der Waals surface area (Å²) < 4.78 is 51.1. The number of imidazole rings is 1. The Morgan fingerprint density at radius 3 is 2.52 bits per heavy atom. The van der Waals surface area contributed by atoms with Crippen LogP contribution < -0.4 is 30.0 Å². The van der Waals surface area contributed by atoms with Gasteiger partial charge in [0.2, 0.25) is 11.8 Å². The predicted octanol–water partition coefficient (Wildman–Crippen LogP) is 3.92. The summed E-state index contributed by atoms with van der Waals surface area (Å²) in [6.45, 7) is -0.190. The van der Waals surface area contributed by atoms with Gasteiger partial charge in [-0.1, -0.05) is 11.6 Å². The number of benzene rings is 2. The van der Waals surface area contributed by atoms with Crippen molar-refractivity contribution in [3.63, 3.8) is 0 Å². The maximum Gasteiger partial charge on any atom is 0.332 e. The van der Waals surface area contributed by atoms with Crippen LogP contribution in [0.2, 0.25) is 5.02 Å². The molecule has 40 heavy (non-hydrogen) atoms. The number of rotatable bonds is 12. The zero-order valence-electron chi connectivity index (χ0n) is 21.5. The third-order valence-electron chi connectivity index (χ3n) is 5.77. The summed E-state index contributed by atoms with van der Waals surface area (Å²) in [7, 11) is 4.03. The molecule has 0 bridgehead atoms. The molecule has 12 nitrogen and oxygen atoms in total. The van der Waals surface area contributed by atoms with Crippen molar-refractivity contribution in [2.75, 3.05) is 33.2 Å². The van der Waals surface area contributed by atoms with Crippen LogP contribution in [0.15, 0.2) is 29.1 Å². The van der Waals surface area contributed by atoms with Crippen LogP contribution in [0.25, 0.3) is 16.9 Å². The number of hydrogen-bond donors (Lipinski definition) is 3. The molecule has 0 aliphatic heterocycles. The molecule has 0 spiro atoms. The van der Waals surface area contributed by atoms with Crippen molar-refractivity contribution in [2.24, 2.45) is 0 Å². The van der Waals surface area contributed by atoms with Crippen molar-refractivity contribution in [1.82, 2.24) is 19.5 Å². The summed E-state index contributed by atoms with van der Waals surface area (Å²) in [5, 5.41) is 11.8. The number of aliphatic carboxylic acids is 1. The molecule has 212 valence electrons. The minimum Gasteiger partial charge on any atom is -0.496 e. The van der Waals surface area contributed by atoms with Crippen molar-refractivity contribution < 1.29 is 37.6 Å². The Morgan fingerprint density at radius 1 is 1.10 bits per heavy atom. The zero-order valence-corrected chi connectivity index (χ0v) is 22.3. The molecule has 0 saturated heterocycles. The Kier molecular flexibility index (Phi) is 8.58. The van der Waals surface area contributed by atoms with Crippen LogP contribution in [0.4, 0.5) is 14.7 Å². The lowest BCUT2D eigenvalue weighted by Gasteiger charge is -2.16. The van der Waals surface area contributed by atoms with E-state index >= 15 is 0 Å². The van der Waals surface area contributed by atoms with Crippen molar-refractivity contribution in [3.8, 4) is 28.8 Å². The summed E-state index contributed by atoms with van der Waals surface area (Å²) in [5.74, 6) is -2.73. The number of carbonyl (C=O) groups is 1. The van der Waals surface area contributed by atoms with Gasteiger partial charge in [-0.25, -0.2) is 18.1 Å². The van der Waals surface area contributed by atoms with E-state index in [2.05, 4.69) is 20.3 Å². The monoisotopic (exact) mass is 579 g/mol. The summed E-state index contributed by atoms with van der Waals surface area (Å²) in [6.07, 6.45) is 0.248. The van der Waals surface area contributed by atoms with Gasteiger partial charge in [0.15, 0.2) is 28.8 Å². The number of fused-ring (bicyclic) bond motifs is 1. The third-order valence-corrected chi connectivity index (χ3v) is 6.07. The average Bonchev–Trinajstić information content (AvgIpc) is 3.26. The quantitative estimate of drug-likeness (QED) is 0.211. The number of halogens is 3. The number of carboxylic acids is 1. The molecule has 15 heteroatoms. The fourth-order valence-corrected chi connectivity index (χ4v) is 4.11. The van der Waals surface area contributed by atoms with Crippen LogP contribution in [-0.2, 0) is 11.4 Å². The van der Waals surface area contributed by atoms with Gasteiger partial charge >= 0.3 is 11.7 Å². The van der Waals surface area contributed by atoms with Gasteiger partial charge in [-0.15, -0.1) is 0 Å².